The van der Waals surface area contributed by atoms with Gasteiger partial charge in [0, 0.05) is 0 Å². The van der Waals surface area contributed by atoms with E-state index in [1.165, 1.54) is 17.4 Å². The van der Waals surface area contributed by atoms with Crippen LogP contribution in [0.1, 0.15) is 31.2 Å². The maximum atomic E-state index is 2.41. The molecule has 2 heteroatoms. The van der Waals surface area contributed by atoms with Gasteiger partial charge >= 0.3 is 20.4 Å². The molecule has 0 bridgehead atoms. The molecule has 0 spiro atoms. The molecule has 0 saturated heterocycles. The first-order valence-electron chi connectivity index (χ1n) is 5.43. The van der Waals surface area contributed by atoms with E-state index in [1.54, 1.807) is 5.56 Å². The van der Waals surface area contributed by atoms with Crippen molar-refractivity contribution < 1.29 is 0 Å². The molecule has 1 atom stereocenters. The van der Waals surface area contributed by atoms with Crippen molar-refractivity contribution in [2.75, 3.05) is 0 Å². The van der Waals surface area contributed by atoms with E-state index < -0.39 is 0 Å². The van der Waals surface area contributed by atoms with Gasteiger partial charge < -0.3 is 0 Å². The van der Waals surface area contributed by atoms with Crippen LogP contribution >= 0.6 is 17.0 Å². The van der Waals surface area contributed by atoms with E-state index in [2.05, 4.69) is 42.3 Å². The van der Waals surface area contributed by atoms with Gasteiger partial charge in [-0.15, -0.1) is 21.5 Å². The fourth-order valence-electron chi connectivity index (χ4n) is 1.90. The van der Waals surface area contributed by atoms with Crippen molar-refractivity contribution in [3.63, 3.8) is 0 Å². The van der Waals surface area contributed by atoms with E-state index in [9.17, 15) is 0 Å². The molecule has 76 valence electrons. The lowest BCUT2D eigenvalue weighted by molar-refractivity contribution is 0.662. The molecular weight excluding hydrogens is 248 g/mol. The Morgan fingerprint density at radius 3 is 2.36 bits per heavy atom. The zero-order valence-electron chi connectivity index (χ0n) is 9.20. The van der Waals surface area contributed by atoms with Gasteiger partial charge in [0.1, 0.15) is 0 Å². The third kappa shape index (κ3) is 4.81. The Bertz CT molecular complexity index is 217. The molecule has 0 nitrogen and oxygen atoms in total. The first kappa shape index (κ1) is 14.5. The molecule has 14 heavy (non-hydrogen) atoms. The molecule has 0 N–H and O–H groups in total. The Morgan fingerprint density at radius 1 is 1.21 bits per heavy atom. The maximum Gasteiger partial charge on any atom is 0.361 e. The summed E-state index contributed by atoms with van der Waals surface area (Å²) in [7, 11) is 0. The van der Waals surface area contributed by atoms with Crippen LogP contribution in [0, 0.1) is 0 Å². The summed E-state index contributed by atoms with van der Waals surface area (Å²) < 4.78 is 1.47. The van der Waals surface area contributed by atoms with Crippen LogP contribution in [0.2, 0.25) is 9.60 Å². The summed E-state index contributed by atoms with van der Waals surface area (Å²) in [5.41, 5.74) is 1.55. The molecule has 1 unspecified atom stereocenters. The van der Waals surface area contributed by atoms with Gasteiger partial charge in [0.15, 0.2) is 0 Å². The minimum absolute atomic E-state index is 0. The molecule has 0 aliphatic carbocycles. The summed E-state index contributed by atoms with van der Waals surface area (Å²) in [4.78, 5) is 0. The molecule has 1 aromatic rings. The highest BCUT2D eigenvalue weighted by Crippen LogP contribution is 2.24. The van der Waals surface area contributed by atoms with Crippen LogP contribution in [0.4, 0.5) is 0 Å². The number of rotatable bonds is 5. The van der Waals surface area contributed by atoms with E-state index in [0.29, 0.717) is 0 Å². The fourth-order valence-corrected chi connectivity index (χ4v) is 3.22. The van der Waals surface area contributed by atoms with E-state index in [0.717, 1.165) is 5.92 Å². The summed E-state index contributed by atoms with van der Waals surface area (Å²) in [6.45, 7) is 2.28. The van der Waals surface area contributed by atoms with Gasteiger partial charge in [-0.05, 0) is 17.9 Å². The zero-order valence-corrected chi connectivity index (χ0v) is 12.3. The van der Waals surface area contributed by atoms with Gasteiger partial charge in [0.25, 0.3) is 0 Å². The molecule has 1 aromatic carbocycles. The van der Waals surface area contributed by atoms with Crippen LogP contribution in [0.5, 0.6) is 0 Å². The second-order valence-electron chi connectivity index (χ2n) is 3.68. The summed E-state index contributed by atoms with van der Waals surface area (Å²) in [5.74, 6) is 0.850. The molecule has 0 amide bonds. The standard InChI is InChI=1S/C11H15.CH3.BrH.Mg/c1-3-7-10(2)11-8-5-4-6-9-11;;;/h4-6,8-10H,2-3,7H2,1H3;1H3;1H;. The minimum atomic E-state index is 0. The van der Waals surface area contributed by atoms with Crippen LogP contribution in [-0.4, -0.2) is 20.4 Å². The SMILES string of the molecule is Br.CCCC([CH2][Mg][CH3])c1ccccc1. The van der Waals surface area contributed by atoms with Gasteiger partial charge in [0.2, 0.25) is 0 Å². The highest BCUT2D eigenvalue weighted by atomic mass is 79.9. The number of hydrogen-bond acceptors (Lipinski definition) is 0. The predicted molar refractivity (Wildman–Crippen MR) is 70.8 cm³/mol. The van der Waals surface area contributed by atoms with Crippen molar-refractivity contribution in [3.8, 4) is 0 Å². The Kier molecular flexibility index (Phi) is 9.04. The largest absolute Gasteiger partial charge is 0.361 e. The zero-order chi connectivity index (χ0) is 9.52. The quantitative estimate of drug-likeness (QED) is 0.697. The predicted octanol–water partition coefficient (Wildman–Crippen LogP) is 4.32. The second kappa shape index (κ2) is 8.75. The van der Waals surface area contributed by atoms with Gasteiger partial charge in [-0.3, -0.25) is 0 Å². The van der Waals surface area contributed by atoms with Crippen molar-refractivity contribution in [3.05, 3.63) is 35.9 Å². The van der Waals surface area contributed by atoms with E-state index >= 15 is 0 Å². The third-order valence-corrected chi connectivity index (χ3v) is 3.82. The molecule has 0 saturated carbocycles. The summed E-state index contributed by atoms with van der Waals surface area (Å²) in [6, 6.07) is 11.0. The van der Waals surface area contributed by atoms with Crippen molar-refractivity contribution in [2.45, 2.75) is 35.3 Å². The van der Waals surface area contributed by atoms with Crippen LogP contribution in [0.15, 0.2) is 30.3 Å². The average molecular weight is 267 g/mol. The molecule has 0 fully saturated rings. The van der Waals surface area contributed by atoms with E-state index in [1.807, 2.05) is 0 Å². The van der Waals surface area contributed by atoms with E-state index in [4.69, 9.17) is 0 Å². The molecule has 0 aromatic heterocycles. The summed E-state index contributed by atoms with van der Waals surface area (Å²) in [6.07, 6.45) is 2.68. The van der Waals surface area contributed by atoms with Crippen LogP contribution < -0.4 is 0 Å². The Morgan fingerprint density at radius 2 is 1.86 bits per heavy atom. The highest BCUT2D eigenvalue weighted by molar-refractivity contribution is 8.93. The average Bonchev–Trinajstić information content (AvgIpc) is 2.19. The van der Waals surface area contributed by atoms with Crippen molar-refractivity contribution in [1.82, 2.24) is 0 Å². The lowest BCUT2D eigenvalue weighted by Crippen LogP contribution is -2.00. The van der Waals surface area contributed by atoms with Crippen molar-refractivity contribution in [1.29, 1.82) is 0 Å². The highest BCUT2D eigenvalue weighted by Gasteiger charge is 2.08. The Labute approximate surface area is 108 Å². The topological polar surface area (TPSA) is 0 Å². The Hall–Kier alpha value is 0.466. The smallest absolute Gasteiger partial charge is 0.157 e. The minimum Gasteiger partial charge on any atom is -0.157 e. The molecule has 0 aliphatic rings. The number of hydrogen-bond donors (Lipinski definition) is 0. The van der Waals surface area contributed by atoms with Gasteiger partial charge in [-0.25, -0.2) is 0 Å². The normalized spacial score (nSPS) is 11.3. The van der Waals surface area contributed by atoms with Crippen LogP contribution in [0.25, 0.3) is 0 Å². The first-order valence-corrected chi connectivity index (χ1v) is 7.84. The molecule has 0 radical (unpaired) electrons. The molecule has 0 heterocycles. The number of benzene rings is 1. The second-order valence-corrected chi connectivity index (χ2v) is 5.26. The molecular formula is C12H19BrMg. The van der Waals surface area contributed by atoms with Gasteiger partial charge in [0.05, 0.1) is 0 Å². The molecule has 0 aliphatic heterocycles. The lowest BCUT2D eigenvalue weighted by Gasteiger charge is -2.15. The summed E-state index contributed by atoms with van der Waals surface area (Å²) >= 11 is 0.202. The van der Waals surface area contributed by atoms with Crippen LogP contribution in [-0.2, 0) is 0 Å². The van der Waals surface area contributed by atoms with E-state index in [-0.39, 0.29) is 37.3 Å². The van der Waals surface area contributed by atoms with Gasteiger partial charge in [-0.1, -0.05) is 43.7 Å². The third-order valence-electron chi connectivity index (χ3n) is 2.55. The monoisotopic (exact) mass is 266 g/mol. The van der Waals surface area contributed by atoms with Crippen molar-refractivity contribution >= 4 is 37.3 Å². The van der Waals surface area contributed by atoms with Crippen molar-refractivity contribution in [2.24, 2.45) is 0 Å². The lowest BCUT2D eigenvalue weighted by atomic mass is 9.96. The first-order chi connectivity index (χ1) is 6.38. The molecule has 1 rings (SSSR count). The number of halogens is 1. The summed E-state index contributed by atoms with van der Waals surface area (Å²) in [5, 5.41) is 2.41. The maximum absolute atomic E-state index is 2.41. The Balaban J connectivity index is 0.00000169. The van der Waals surface area contributed by atoms with Gasteiger partial charge in [-0.2, -0.15) is 5.05 Å². The fraction of sp³-hybridized carbons (Fsp3) is 0.500. The van der Waals surface area contributed by atoms with Crippen LogP contribution in [0.3, 0.4) is 0 Å².